The minimum atomic E-state index is 0.143. The fraction of sp³-hybridized carbons (Fsp3) is 0.619. The van der Waals surface area contributed by atoms with Crippen molar-refractivity contribution >= 4 is 17.5 Å². The quantitative estimate of drug-likeness (QED) is 0.845. The van der Waals surface area contributed by atoms with Crippen LogP contribution in [0.2, 0.25) is 0 Å². The Labute approximate surface area is 150 Å². The third-order valence-corrected chi connectivity index (χ3v) is 6.60. The van der Waals surface area contributed by atoms with E-state index in [1.54, 1.807) is 6.92 Å². The number of rotatable bonds is 3. The van der Waals surface area contributed by atoms with Gasteiger partial charge in [-0.15, -0.1) is 0 Å². The molecule has 2 aliphatic carbocycles. The van der Waals surface area contributed by atoms with E-state index in [1.807, 2.05) is 23.1 Å². The first kappa shape index (κ1) is 16.6. The van der Waals surface area contributed by atoms with E-state index in [4.69, 9.17) is 0 Å². The third kappa shape index (κ3) is 3.19. The normalized spacial score (nSPS) is 29.0. The molecule has 2 bridgehead atoms. The van der Waals surface area contributed by atoms with Crippen molar-refractivity contribution in [3.63, 3.8) is 0 Å². The zero-order valence-electron chi connectivity index (χ0n) is 15.1. The molecule has 4 nitrogen and oxygen atoms in total. The minimum Gasteiger partial charge on any atom is -0.343 e. The van der Waals surface area contributed by atoms with E-state index < -0.39 is 0 Å². The molecule has 1 aliphatic heterocycles. The SMILES string of the molecule is CC(=O)N1CCC(N(C(=O)C2CC3CCC2C3)c2ccccc2)CC1. The molecule has 0 aromatic heterocycles. The first-order valence-corrected chi connectivity index (χ1v) is 9.77. The van der Waals surface area contributed by atoms with Crippen LogP contribution in [0.1, 0.15) is 45.4 Å². The molecule has 0 radical (unpaired) electrons. The van der Waals surface area contributed by atoms with E-state index in [2.05, 4.69) is 17.0 Å². The second-order valence-electron chi connectivity index (χ2n) is 8.06. The molecular weight excluding hydrogens is 312 g/mol. The van der Waals surface area contributed by atoms with Gasteiger partial charge in [0.1, 0.15) is 0 Å². The third-order valence-electron chi connectivity index (χ3n) is 6.60. The van der Waals surface area contributed by atoms with Crippen molar-refractivity contribution in [3.8, 4) is 0 Å². The van der Waals surface area contributed by atoms with Crippen molar-refractivity contribution in [1.82, 2.24) is 4.90 Å². The maximum atomic E-state index is 13.5. The number of piperidine rings is 1. The molecule has 1 aromatic carbocycles. The summed E-state index contributed by atoms with van der Waals surface area (Å²) in [7, 11) is 0. The second-order valence-corrected chi connectivity index (χ2v) is 8.06. The number of hydrogen-bond donors (Lipinski definition) is 0. The number of carbonyl (C=O) groups excluding carboxylic acids is 2. The molecule has 134 valence electrons. The van der Waals surface area contributed by atoms with E-state index in [0.717, 1.165) is 44.0 Å². The molecule has 0 spiro atoms. The Morgan fingerprint density at radius 3 is 2.28 bits per heavy atom. The van der Waals surface area contributed by atoms with Crippen molar-refractivity contribution in [3.05, 3.63) is 30.3 Å². The van der Waals surface area contributed by atoms with Gasteiger partial charge in [-0.2, -0.15) is 0 Å². The summed E-state index contributed by atoms with van der Waals surface area (Å²) in [5, 5.41) is 0. The first-order chi connectivity index (χ1) is 12.1. The fourth-order valence-corrected chi connectivity index (χ4v) is 5.27. The number of para-hydroxylation sites is 1. The Hall–Kier alpha value is -1.84. The van der Waals surface area contributed by atoms with Crippen LogP contribution in [0.4, 0.5) is 5.69 Å². The van der Waals surface area contributed by atoms with E-state index in [1.165, 1.54) is 19.3 Å². The summed E-state index contributed by atoms with van der Waals surface area (Å²) < 4.78 is 0. The van der Waals surface area contributed by atoms with Crippen molar-refractivity contribution < 1.29 is 9.59 Å². The standard InChI is InChI=1S/C21H28N2O2/c1-15(24)22-11-9-19(10-12-22)23(18-5-3-2-4-6-18)21(25)20-14-16-7-8-17(20)13-16/h2-6,16-17,19-20H,7-14H2,1H3. The lowest BCUT2D eigenvalue weighted by atomic mass is 9.86. The fourth-order valence-electron chi connectivity index (χ4n) is 5.27. The number of nitrogens with zero attached hydrogens (tertiary/aromatic N) is 2. The molecule has 3 aliphatic rings. The number of fused-ring (bicyclic) bond motifs is 2. The Morgan fingerprint density at radius 2 is 1.72 bits per heavy atom. The summed E-state index contributed by atoms with van der Waals surface area (Å²) in [6.45, 7) is 3.15. The van der Waals surface area contributed by atoms with E-state index in [-0.39, 0.29) is 17.9 Å². The molecule has 4 heteroatoms. The van der Waals surface area contributed by atoms with E-state index in [9.17, 15) is 9.59 Å². The van der Waals surface area contributed by atoms with Crippen molar-refractivity contribution in [2.75, 3.05) is 18.0 Å². The highest BCUT2D eigenvalue weighted by atomic mass is 16.2. The predicted octanol–water partition coefficient (Wildman–Crippen LogP) is 3.47. The molecular formula is C21H28N2O2. The summed E-state index contributed by atoms with van der Waals surface area (Å²) in [4.78, 5) is 29.1. The molecule has 3 unspecified atom stereocenters. The number of likely N-dealkylation sites (tertiary alicyclic amines) is 1. The Kier molecular flexibility index (Phi) is 4.53. The predicted molar refractivity (Wildman–Crippen MR) is 98.1 cm³/mol. The van der Waals surface area contributed by atoms with Gasteiger partial charge in [0, 0.05) is 37.7 Å². The summed E-state index contributed by atoms with van der Waals surface area (Å²) in [6, 6.07) is 10.4. The lowest BCUT2D eigenvalue weighted by molar-refractivity contribution is -0.130. The molecule has 1 aromatic rings. The molecule has 3 fully saturated rings. The van der Waals surface area contributed by atoms with Crippen LogP contribution in [0.25, 0.3) is 0 Å². The van der Waals surface area contributed by atoms with Crippen molar-refractivity contribution in [1.29, 1.82) is 0 Å². The van der Waals surface area contributed by atoms with E-state index >= 15 is 0 Å². The highest BCUT2D eigenvalue weighted by molar-refractivity contribution is 5.96. The topological polar surface area (TPSA) is 40.6 Å². The minimum absolute atomic E-state index is 0.143. The van der Waals surface area contributed by atoms with Crippen LogP contribution in [-0.2, 0) is 9.59 Å². The van der Waals surface area contributed by atoms with Gasteiger partial charge in [-0.3, -0.25) is 9.59 Å². The lowest BCUT2D eigenvalue weighted by Gasteiger charge is -2.40. The summed E-state index contributed by atoms with van der Waals surface area (Å²) in [5.41, 5.74) is 1.02. The Balaban J connectivity index is 1.55. The molecule has 3 atom stereocenters. The van der Waals surface area contributed by atoms with Crippen LogP contribution >= 0.6 is 0 Å². The van der Waals surface area contributed by atoms with Crippen LogP contribution in [0.15, 0.2) is 30.3 Å². The number of hydrogen-bond acceptors (Lipinski definition) is 2. The molecule has 25 heavy (non-hydrogen) atoms. The van der Waals surface area contributed by atoms with Crippen LogP contribution in [0, 0.1) is 17.8 Å². The average Bonchev–Trinajstić information content (AvgIpc) is 3.26. The molecule has 1 saturated heterocycles. The van der Waals surface area contributed by atoms with Gasteiger partial charge >= 0.3 is 0 Å². The van der Waals surface area contributed by atoms with Gasteiger partial charge in [0.05, 0.1) is 0 Å². The lowest BCUT2D eigenvalue weighted by Crippen LogP contribution is -2.50. The molecule has 2 amide bonds. The highest BCUT2D eigenvalue weighted by Crippen LogP contribution is 2.49. The van der Waals surface area contributed by atoms with Gasteiger partial charge in [0.15, 0.2) is 0 Å². The number of amides is 2. The summed E-state index contributed by atoms with van der Waals surface area (Å²) in [5.74, 6) is 2.06. The monoisotopic (exact) mass is 340 g/mol. The van der Waals surface area contributed by atoms with Crippen LogP contribution in [-0.4, -0.2) is 35.8 Å². The van der Waals surface area contributed by atoms with Gasteiger partial charge in [0.25, 0.3) is 0 Å². The van der Waals surface area contributed by atoms with Crippen LogP contribution in [0.5, 0.6) is 0 Å². The molecule has 4 rings (SSSR count). The summed E-state index contributed by atoms with van der Waals surface area (Å²) in [6.07, 6.45) is 6.63. The van der Waals surface area contributed by atoms with Crippen LogP contribution < -0.4 is 4.90 Å². The smallest absolute Gasteiger partial charge is 0.230 e. The Bertz CT molecular complexity index is 637. The first-order valence-electron chi connectivity index (χ1n) is 9.77. The molecule has 1 heterocycles. The molecule has 0 N–H and O–H groups in total. The highest BCUT2D eigenvalue weighted by Gasteiger charge is 2.45. The number of anilines is 1. The van der Waals surface area contributed by atoms with Gasteiger partial charge in [-0.05, 0) is 56.1 Å². The largest absolute Gasteiger partial charge is 0.343 e. The van der Waals surface area contributed by atoms with Gasteiger partial charge in [0.2, 0.25) is 11.8 Å². The van der Waals surface area contributed by atoms with Gasteiger partial charge in [-0.25, -0.2) is 0 Å². The zero-order chi connectivity index (χ0) is 17.4. The number of benzene rings is 1. The molecule has 2 saturated carbocycles. The van der Waals surface area contributed by atoms with E-state index in [0.29, 0.717) is 11.8 Å². The second kappa shape index (κ2) is 6.81. The maximum Gasteiger partial charge on any atom is 0.230 e. The van der Waals surface area contributed by atoms with Crippen molar-refractivity contribution in [2.45, 2.75) is 51.5 Å². The average molecular weight is 340 g/mol. The van der Waals surface area contributed by atoms with Crippen molar-refractivity contribution in [2.24, 2.45) is 17.8 Å². The van der Waals surface area contributed by atoms with Gasteiger partial charge < -0.3 is 9.80 Å². The van der Waals surface area contributed by atoms with Gasteiger partial charge in [-0.1, -0.05) is 24.6 Å². The summed E-state index contributed by atoms with van der Waals surface area (Å²) >= 11 is 0. The zero-order valence-corrected chi connectivity index (χ0v) is 15.1. The van der Waals surface area contributed by atoms with Crippen LogP contribution in [0.3, 0.4) is 0 Å². The maximum absolute atomic E-state index is 13.5. The number of carbonyl (C=O) groups is 2. The Morgan fingerprint density at radius 1 is 1.00 bits per heavy atom.